The molecule has 0 aromatic heterocycles. The summed E-state index contributed by atoms with van der Waals surface area (Å²) >= 11 is 0. The monoisotopic (exact) mass is 339 g/mol. The molecule has 0 spiro atoms. The van der Waals surface area contributed by atoms with Crippen LogP contribution in [0, 0.1) is 12.7 Å². The number of carbonyl (C=O) groups excluding carboxylic acids is 2. The lowest BCUT2D eigenvalue weighted by Crippen LogP contribution is -2.45. The number of halogens is 1. The van der Waals surface area contributed by atoms with E-state index in [1.165, 1.54) is 12.1 Å². The van der Waals surface area contributed by atoms with Crippen LogP contribution >= 0.6 is 0 Å². The maximum Gasteiger partial charge on any atom is 0.319 e. The normalized spacial score (nSPS) is 16.9. The summed E-state index contributed by atoms with van der Waals surface area (Å²) in [5.41, 5.74) is 3.22. The molecule has 0 radical (unpaired) electrons. The molecule has 0 saturated heterocycles. The Kier molecular flexibility index (Phi) is 4.52. The van der Waals surface area contributed by atoms with Crippen LogP contribution in [0.4, 0.5) is 14.9 Å². The number of nitrogens with one attached hydrogen (secondary N) is 3. The minimum Gasteiger partial charge on any atom is -0.327 e. The molecule has 2 aromatic rings. The average molecular weight is 339 g/mol. The molecule has 128 valence electrons. The van der Waals surface area contributed by atoms with Gasteiger partial charge in [0.05, 0.1) is 11.6 Å². The van der Waals surface area contributed by atoms with Gasteiger partial charge in [0.15, 0.2) is 0 Å². The second-order valence-corrected chi connectivity index (χ2v) is 5.94. The third kappa shape index (κ3) is 3.68. The highest BCUT2D eigenvalue weighted by atomic mass is 19.1. The standard InChI is InChI=1S/C19H18FN3O2/c1-11-3-9-15(10-4-11)22-18(24)16-12(2)21-19(25)23-17(16)13-5-7-14(20)8-6-13/h3-10,17H,1-2H3,(H,22,24)(H2,21,23,25). The van der Waals surface area contributed by atoms with E-state index in [9.17, 15) is 14.0 Å². The van der Waals surface area contributed by atoms with Gasteiger partial charge in [-0.25, -0.2) is 9.18 Å². The van der Waals surface area contributed by atoms with E-state index in [4.69, 9.17) is 0 Å². The number of hydrogen-bond acceptors (Lipinski definition) is 2. The van der Waals surface area contributed by atoms with Crippen LogP contribution in [0.2, 0.25) is 0 Å². The highest BCUT2D eigenvalue weighted by Gasteiger charge is 2.31. The van der Waals surface area contributed by atoms with Gasteiger partial charge in [-0.05, 0) is 43.7 Å². The predicted octanol–water partition coefficient (Wildman–Crippen LogP) is 3.40. The smallest absolute Gasteiger partial charge is 0.319 e. The van der Waals surface area contributed by atoms with Gasteiger partial charge < -0.3 is 16.0 Å². The van der Waals surface area contributed by atoms with Gasteiger partial charge >= 0.3 is 6.03 Å². The number of rotatable bonds is 3. The molecule has 1 aliphatic rings. The summed E-state index contributed by atoms with van der Waals surface area (Å²) in [6.45, 7) is 3.63. The number of allylic oxidation sites excluding steroid dienone is 1. The van der Waals surface area contributed by atoms with E-state index < -0.39 is 12.1 Å². The van der Waals surface area contributed by atoms with Gasteiger partial charge in [0, 0.05) is 11.4 Å². The minimum absolute atomic E-state index is 0.330. The molecule has 1 aliphatic heterocycles. The molecule has 3 N–H and O–H groups in total. The fourth-order valence-electron chi connectivity index (χ4n) is 2.74. The van der Waals surface area contributed by atoms with Crippen molar-refractivity contribution in [1.82, 2.24) is 10.6 Å². The van der Waals surface area contributed by atoms with Gasteiger partial charge in [-0.3, -0.25) is 4.79 Å². The maximum atomic E-state index is 13.2. The molecule has 3 rings (SSSR count). The summed E-state index contributed by atoms with van der Waals surface area (Å²) in [6, 6.07) is 12.1. The van der Waals surface area contributed by atoms with Crippen molar-refractivity contribution >= 4 is 17.6 Å². The Bertz CT molecular complexity index is 842. The van der Waals surface area contributed by atoms with Gasteiger partial charge in [0.25, 0.3) is 5.91 Å². The highest BCUT2D eigenvalue weighted by molar-refractivity contribution is 6.06. The van der Waals surface area contributed by atoms with Gasteiger partial charge in [-0.2, -0.15) is 0 Å². The lowest BCUT2D eigenvalue weighted by atomic mass is 9.95. The summed E-state index contributed by atoms with van der Waals surface area (Å²) < 4.78 is 13.2. The molecule has 3 amide bonds. The largest absolute Gasteiger partial charge is 0.327 e. The topological polar surface area (TPSA) is 70.2 Å². The van der Waals surface area contributed by atoms with Crippen LogP contribution in [0.1, 0.15) is 24.1 Å². The van der Waals surface area contributed by atoms with E-state index in [2.05, 4.69) is 16.0 Å². The number of aryl methyl sites for hydroxylation is 1. The van der Waals surface area contributed by atoms with Gasteiger partial charge in [0.2, 0.25) is 0 Å². The van der Waals surface area contributed by atoms with Crippen LogP contribution in [0.25, 0.3) is 0 Å². The molecule has 0 fully saturated rings. The van der Waals surface area contributed by atoms with E-state index in [-0.39, 0.29) is 11.7 Å². The minimum atomic E-state index is -0.653. The van der Waals surface area contributed by atoms with Crippen molar-refractivity contribution in [2.45, 2.75) is 19.9 Å². The fourth-order valence-corrected chi connectivity index (χ4v) is 2.74. The van der Waals surface area contributed by atoms with Crippen molar-refractivity contribution in [3.8, 4) is 0 Å². The Balaban J connectivity index is 1.92. The molecule has 25 heavy (non-hydrogen) atoms. The number of urea groups is 1. The lowest BCUT2D eigenvalue weighted by molar-refractivity contribution is -0.113. The van der Waals surface area contributed by atoms with Crippen molar-refractivity contribution in [1.29, 1.82) is 0 Å². The first-order valence-corrected chi connectivity index (χ1v) is 7.86. The summed E-state index contributed by atoms with van der Waals surface area (Å²) in [4.78, 5) is 24.6. The maximum absolute atomic E-state index is 13.2. The Morgan fingerprint density at radius 3 is 2.32 bits per heavy atom. The highest BCUT2D eigenvalue weighted by Crippen LogP contribution is 2.28. The third-order valence-electron chi connectivity index (χ3n) is 4.03. The number of benzene rings is 2. The van der Waals surface area contributed by atoms with E-state index in [1.807, 2.05) is 31.2 Å². The molecule has 5 nitrogen and oxygen atoms in total. The molecule has 1 heterocycles. The molecule has 0 aliphatic carbocycles. The summed E-state index contributed by atoms with van der Waals surface area (Å²) in [5, 5.41) is 8.16. The molecule has 0 saturated carbocycles. The third-order valence-corrected chi connectivity index (χ3v) is 4.03. The first kappa shape index (κ1) is 16.7. The fraction of sp³-hybridized carbons (Fsp3) is 0.158. The molecule has 2 aromatic carbocycles. The quantitative estimate of drug-likeness (QED) is 0.802. The Hall–Kier alpha value is -3.15. The van der Waals surface area contributed by atoms with E-state index in [0.29, 0.717) is 22.5 Å². The zero-order valence-corrected chi connectivity index (χ0v) is 13.9. The predicted molar refractivity (Wildman–Crippen MR) is 93.3 cm³/mol. The Morgan fingerprint density at radius 1 is 1.04 bits per heavy atom. The SMILES string of the molecule is CC1=C(C(=O)Nc2ccc(C)cc2)C(c2ccc(F)cc2)NC(=O)N1. The van der Waals surface area contributed by atoms with E-state index in [0.717, 1.165) is 5.56 Å². The van der Waals surface area contributed by atoms with Crippen molar-refractivity contribution in [3.63, 3.8) is 0 Å². The van der Waals surface area contributed by atoms with Crippen LogP contribution in [-0.2, 0) is 4.79 Å². The molecule has 1 unspecified atom stereocenters. The Labute approximate surface area is 144 Å². The van der Waals surface area contributed by atoms with E-state index in [1.54, 1.807) is 19.1 Å². The number of anilines is 1. The zero-order valence-electron chi connectivity index (χ0n) is 13.9. The second kappa shape index (κ2) is 6.76. The van der Waals surface area contributed by atoms with Crippen molar-refractivity contribution in [2.24, 2.45) is 0 Å². The number of amides is 3. The van der Waals surface area contributed by atoms with Crippen LogP contribution in [0.5, 0.6) is 0 Å². The van der Waals surface area contributed by atoms with Crippen LogP contribution in [-0.4, -0.2) is 11.9 Å². The van der Waals surface area contributed by atoms with Crippen molar-refractivity contribution < 1.29 is 14.0 Å². The summed E-state index contributed by atoms with van der Waals surface area (Å²) in [7, 11) is 0. The zero-order chi connectivity index (χ0) is 18.0. The molecular formula is C19H18FN3O2. The van der Waals surface area contributed by atoms with Crippen LogP contribution < -0.4 is 16.0 Å². The second-order valence-electron chi connectivity index (χ2n) is 5.94. The van der Waals surface area contributed by atoms with Gasteiger partial charge in [-0.1, -0.05) is 29.8 Å². The Morgan fingerprint density at radius 2 is 1.68 bits per heavy atom. The van der Waals surface area contributed by atoms with E-state index >= 15 is 0 Å². The number of hydrogen-bond donors (Lipinski definition) is 3. The summed E-state index contributed by atoms with van der Waals surface area (Å²) in [5.74, 6) is -0.710. The van der Waals surface area contributed by atoms with Crippen molar-refractivity contribution in [3.05, 3.63) is 76.7 Å². The van der Waals surface area contributed by atoms with Crippen molar-refractivity contribution in [2.75, 3.05) is 5.32 Å². The van der Waals surface area contributed by atoms with Gasteiger partial charge in [0.1, 0.15) is 5.82 Å². The summed E-state index contributed by atoms with van der Waals surface area (Å²) in [6.07, 6.45) is 0. The lowest BCUT2D eigenvalue weighted by Gasteiger charge is -2.28. The average Bonchev–Trinajstić information content (AvgIpc) is 2.57. The molecule has 6 heteroatoms. The molecular weight excluding hydrogens is 321 g/mol. The van der Waals surface area contributed by atoms with Crippen LogP contribution in [0.15, 0.2) is 59.8 Å². The first-order chi connectivity index (χ1) is 11.9. The van der Waals surface area contributed by atoms with Crippen LogP contribution in [0.3, 0.4) is 0 Å². The first-order valence-electron chi connectivity index (χ1n) is 7.86. The van der Waals surface area contributed by atoms with Gasteiger partial charge in [-0.15, -0.1) is 0 Å². The number of carbonyl (C=O) groups is 2. The molecule has 0 bridgehead atoms. The molecule has 1 atom stereocenters.